The molecule has 0 heterocycles. The van der Waals surface area contributed by atoms with Crippen molar-refractivity contribution in [2.45, 2.75) is 51.7 Å². The van der Waals surface area contributed by atoms with Crippen molar-refractivity contribution < 1.29 is 14.0 Å². The summed E-state index contributed by atoms with van der Waals surface area (Å²) in [5.41, 5.74) is 1.82. The minimum absolute atomic E-state index is 0.0663. The van der Waals surface area contributed by atoms with E-state index in [0.717, 1.165) is 12.0 Å². The van der Waals surface area contributed by atoms with Crippen LogP contribution in [0.2, 0.25) is 10.0 Å². The predicted octanol–water partition coefficient (Wildman–Crippen LogP) is 6.23. The molecule has 0 aliphatic carbocycles. The van der Waals surface area contributed by atoms with Gasteiger partial charge in [0.1, 0.15) is 11.9 Å². The first-order chi connectivity index (χ1) is 16.8. The highest BCUT2D eigenvalue weighted by molar-refractivity contribution is 6.35. The molecule has 0 saturated heterocycles. The molecular weight excluding hydrogens is 486 g/mol. The van der Waals surface area contributed by atoms with Crippen molar-refractivity contribution in [3.63, 3.8) is 0 Å². The minimum atomic E-state index is -0.822. The lowest BCUT2D eigenvalue weighted by atomic mass is 10.0. The third kappa shape index (κ3) is 7.55. The molecule has 184 valence electrons. The van der Waals surface area contributed by atoms with E-state index in [1.54, 1.807) is 36.4 Å². The van der Waals surface area contributed by atoms with Gasteiger partial charge in [0.25, 0.3) is 0 Å². The summed E-state index contributed by atoms with van der Waals surface area (Å²) < 4.78 is 14.4. The molecule has 2 amide bonds. The van der Waals surface area contributed by atoms with Gasteiger partial charge in [-0.05, 0) is 48.2 Å². The van der Waals surface area contributed by atoms with Gasteiger partial charge in [-0.1, -0.05) is 84.7 Å². The van der Waals surface area contributed by atoms with E-state index < -0.39 is 11.9 Å². The Bertz CT molecular complexity index is 1160. The lowest BCUT2D eigenvalue weighted by Gasteiger charge is -2.32. The van der Waals surface area contributed by atoms with Crippen LogP contribution in [0.1, 0.15) is 37.0 Å². The van der Waals surface area contributed by atoms with Gasteiger partial charge in [0.2, 0.25) is 11.8 Å². The van der Waals surface area contributed by atoms with Crippen LogP contribution < -0.4 is 5.32 Å². The van der Waals surface area contributed by atoms with E-state index in [2.05, 4.69) is 5.32 Å². The number of nitrogens with one attached hydrogen (secondary N) is 1. The molecule has 0 bridgehead atoms. The summed E-state index contributed by atoms with van der Waals surface area (Å²) in [6.07, 6.45) is 0.868. The van der Waals surface area contributed by atoms with Crippen molar-refractivity contribution in [3.8, 4) is 0 Å². The molecule has 0 saturated carbocycles. The van der Waals surface area contributed by atoms with E-state index >= 15 is 0 Å². The summed E-state index contributed by atoms with van der Waals surface area (Å²) in [7, 11) is 0. The van der Waals surface area contributed by atoms with Crippen LogP contribution in [-0.4, -0.2) is 28.8 Å². The van der Waals surface area contributed by atoms with Crippen molar-refractivity contribution in [1.82, 2.24) is 10.2 Å². The van der Waals surface area contributed by atoms with Crippen LogP contribution >= 0.6 is 23.2 Å². The zero-order valence-corrected chi connectivity index (χ0v) is 21.3. The maximum atomic E-state index is 14.4. The van der Waals surface area contributed by atoms with E-state index in [9.17, 15) is 14.0 Å². The van der Waals surface area contributed by atoms with Gasteiger partial charge in [0.15, 0.2) is 0 Å². The standard InChI is InChI=1S/C28H29Cl2FN2O2/c1-3-19(2)32-28(35)26(15-20-9-5-4-6-10-20)33(18-22-13-14-23(29)17-24(22)30)27(34)16-21-11-7-8-12-25(21)31/h4-14,17,19,26H,3,15-16,18H2,1-2H3,(H,32,35)/t19-,26-/m0/s1. The van der Waals surface area contributed by atoms with E-state index in [-0.39, 0.29) is 36.4 Å². The summed E-state index contributed by atoms with van der Waals surface area (Å²) in [6.45, 7) is 3.97. The average Bonchev–Trinajstić information content (AvgIpc) is 2.84. The number of carbonyl (C=O) groups excluding carboxylic acids is 2. The fourth-order valence-corrected chi connectivity index (χ4v) is 4.20. The lowest BCUT2D eigenvalue weighted by molar-refractivity contribution is -0.141. The molecule has 7 heteroatoms. The fraction of sp³-hybridized carbons (Fsp3) is 0.286. The molecule has 3 aromatic carbocycles. The van der Waals surface area contributed by atoms with Gasteiger partial charge in [-0.15, -0.1) is 0 Å². The number of hydrogen-bond acceptors (Lipinski definition) is 2. The second-order valence-corrected chi connectivity index (χ2v) is 9.39. The van der Waals surface area contributed by atoms with Gasteiger partial charge < -0.3 is 10.2 Å². The number of carbonyl (C=O) groups is 2. The summed E-state index contributed by atoms with van der Waals surface area (Å²) in [5, 5.41) is 3.87. The molecule has 0 aliphatic heterocycles. The van der Waals surface area contributed by atoms with Crippen LogP contribution in [0.15, 0.2) is 72.8 Å². The molecule has 0 aromatic heterocycles. The fourth-order valence-electron chi connectivity index (χ4n) is 3.73. The normalized spacial score (nSPS) is 12.6. The molecule has 3 aromatic rings. The van der Waals surface area contributed by atoms with Crippen molar-refractivity contribution in [2.24, 2.45) is 0 Å². The SMILES string of the molecule is CC[C@H](C)NC(=O)[C@H](Cc1ccccc1)N(Cc1ccc(Cl)cc1Cl)C(=O)Cc1ccccc1F. The second kappa shape index (κ2) is 12.7. The monoisotopic (exact) mass is 514 g/mol. The van der Waals surface area contributed by atoms with E-state index in [4.69, 9.17) is 23.2 Å². The van der Waals surface area contributed by atoms with Crippen LogP contribution in [0, 0.1) is 5.82 Å². The average molecular weight is 515 g/mol. The molecule has 1 N–H and O–H groups in total. The van der Waals surface area contributed by atoms with Gasteiger partial charge in [-0.25, -0.2) is 4.39 Å². The molecule has 3 rings (SSSR count). The largest absolute Gasteiger partial charge is 0.352 e. The van der Waals surface area contributed by atoms with Gasteiger partial charge in [0.05, 0.1) is 6.42 Å². The topological polar surface area (TPSA) is 49.4 Å². The Kier molecular flexibility index (Phi) is 9.70. The number of halogens is 3. The maximum Gasteiger partial charge on any atom is 0.243 e. The zero-order chi connectivity index (χ0) is 25.4. The summed E-state index contributed by atoms with van der Waals surface area (Å²) in [6, 6.07) is 19.8. The summed E-state index contributed by atoms with van der Waals surface area (Å²) >= 11 is 12.5. The van der Waals surface area contributed by atoms with Gasteiger partial charge in [-0.3, -0.25) is 9.59 Å². The number of nitrogens with zero attached hydrogens (tertiary/aromatic N) is 1. The quantitative estimate of drug-likeness (QED) is 0.348. The first kappa shape index (κ1) is 26.7. The highest BCUT2D eigenvalue weighted by Gasteiger charge is 2.31. The Balaban J connectivity index is 2.01. The number of amides is 2. The third-order valence-corrected chi connectivity index (χ3v) is 6.51. The van der Waals surface area contributed by atoms with E-state index in [0.29, 0.717) is 22.0 Å². The highest BCUT2D eigenvalue weighted by Crippen LogP contribution is 2.25. The predicted molar refractivity (Wildman–Crippen MR) is 139 cm³/mol. The van der Waals surface area contributed by atoms with Crippen molar-refractivity contribution in [1.29, 1.82) is 0 Å². The Labute approximate surface area is 216 Å². The van der Waals surface area contributed by atoms with Crippen LogP contribution in [0.25, 0.3) is 0 Å². The Morgan fingerprint density at radius 2 is 1.66 bits per heavy atom. The van der Waals surface area contributed by atoms with Crippen LogP contribution in [0.3, 0.4) is 0 Å². The number of rotatable bonds is 10. The maximum absolute atomic E-state index is 14.4. The van der Waals surface area contributed by atoms with Crippen LogP contribution in [0.5, 0.6) is 0 Å². The first-order valence-corrected chi connectivity index (χ1v) is 12.3. The molecule has 35 heavy (non-hydrogen) atoms. The van der Waals surface area contributed by atoms with Crippen molar-refractivity contribution in [2.75, 3.05) is 0 Å². The molecular formula is C28H29Cl2FN2O2. The Morgan fingerprint density at radius 3 is 2.31 bits per heavy atom. The van der Waals surface area contributed by atoms with Crippen LogP contribution in [-0.2, 0) is 29.0 Å². The van der Waals surface area contributed by atoms with Crippen molar-refractivity contribution >= 4 is 35.0 Å². The lowest BCUT2D eigenvalue weighted by Crippen LogP contribution is -2.52. The number of benzene rings is 3. The molecule has 0 spiro atoms. The van der Waals surface area contributed by atoms with Crippen LogP contribution in [0.4, 0.5) is 4.39 Å². The smallest absolute Gasteiger partial charge is 0.243 e. The van der Waals surface area contributed by atoms with Gasteiger partial charge in [-0.2, -0.15) is 0 Å². The number of hydrogen-bond donors (Lipinski definition) is 1. The summed E-state index contributed by atoms with van der Waals surface area (Å²) in [4.78, 5) is 28.6. The van der Waals surface area contributed by atoms with E-state index in [1.807, 2.05) is 44.2 Å². The molecule has 4 nitrogen and oxygen atoms in total. The Hall–Kier alpha value is -2.89. The first-order valence-electron chi connectivity index (χ1n) is 11.6. The summed E-state index contributed by atoms with van der Waals surface area (Å²) in [5.74, 6) is -1.11. The molecule has 0 aliphatic rings. The third-order valence-electron chi connectivity index (χ3n) is 5.93. The zero-order valence-electron chi connectivity index (χ0n) is 19.8. The molecule has 0 unspecified atom stereocenters. The minimum Gasteiger partial charge on any atom is -0.352 e. The second-order valence-electron chi connectivity index (χ2n) is 8.55. The molecule has 2 atom stereocenters. The van der Waals surface area contributed by atoms with Gasteiger partial charge in [0, 0.05) is 29.1 Å². The highest BCUT2D eigenvalue weighted by atomic mass is 35.5. The molecule has 0 fully saturated rings. The van der Waals surface area contributed by atoms with Crippen molar-refractivity contribution in [3.05, 3.63) is 105 Å². The van der Waals surface area contributed by atoms with Gasteiger partial charge >= 0.3 is 0 Å². The van der Waals surface area contributed by atoms with E-state index in [1.165, 1.54) is 11.0 Å². The Morgan fingerprint density at radius 1 is 0.971 bits per heavy atom. The molecule has 0 radical (unpaired) electrons.